The van der Waals surface area contributed by atoms with Gasteiger partial charge in [-0.15, -0.1) is 0 Å². The van der Waals surface area contributed by atoms with E-state index in [1.165, 1.54) is 27.4 Å². The van der Waals surface area contributed by atoms with Crippen LogP contribution in [0.4, 0.5) is 0 Å². The maximum absolute atomic E-state index is 11.2. The van der Waals surface area contributed by atoms with Crippen molar-refractivity contribution in [2.24, 2.45) is 5.73 Å². The zero-order valence-corrected chi connectivity index (χ0v) is 10.6. The summed E-state index contributed by atoms with van der Waals surface area (Å²) in [7, 11) is 4.20. The fourth-order valence-electron chi connectivity index (χ4n) is 1.61. The number of nitrogens with two attached hydrogens (primary N) is 1. The molecule has 0 unspecified atom stereocenters. The second kappa shape index (κ2) is 6.11. The van der Waals surface area contributed by atoms with Crippen LogP contribution in [0.1, 0.15) is 18.0 Å². The summed E-state index contributed by atoms with van der Waals surface area (Å²) in [6, 6.07) is 2.29. The van der Waals surface area contributed by atoms with Gasteiger partial charge in [-0.2, -0.15) is 0 Å². The Morgan fingerprint density at radius 2 is 2.00 bits per heavy atom. The largest absolute Gasteiger partial charge is 0.507 e. The number of benzene rings is 1. The number of carbonyl (C=O) groups is 1. The molecule has 18 heavy (non-hydrogen) atoms. The lowest BCUT2D eigenvalue weighted by molar-refractivity contribution is -0.141. The third-order valence-corrected chi connectivity index (χ3v) is 2.53. The van der Waals surface area contributed by atoms with Crippen LogP contribution in [0.15, 0.2) is 12.1 Å². The number of methoxy groups -OCH3 is 3. The van der Waals surface area contributed by atoms with E-state index in [4.69, 9.17) is 15.2 Å². The predicted molar refractivity (Wildman–Crippen MR) is 64.8 cm³/mol. The average molecular weight is 255 g/mol. The molecule has 0 saturated carbocycles. The van der Waals surface area contributed by atoms with Crippen LogP contribution in [0.5, 0.6) is 17.2 Å². The van der Waals surface area contributed by atoms with Crippen molar-refractivity contribution < 1.29 is 24.1 Å². The standard InChI is InChI=1S/C12H17NO5/c1-16-7-4-9(14)12(10(5-7)17-2)8(13)6-11(15)18-3/h4-5,8,14H,6,13H2,1-3H3/t8-/m1/s1. The Hall–Kier alpha value is -1.95. The predicted octanol–water partition coefficient (Wildman–Crippen LogP) is 0.972. The molecule has 0 bridgehead atoms. The van der Waals surface area contributed by atoms with Gasteiger partial charge in [0.05, 0.1) is 33.3 Å². The smallest absolute Gasteiger partial charge is 0.307 e. The first-order valence-corrected chi connectivity index (χ1v) is 5.30. The van der Waals surface area contributed by atoms with E-state index in [-0.39, 0.29) is 12.2 Å². The van der Waals surface area contributed by atoms with Crippen LogP contribution in [-0.2, 0) is 9.53 Å². The van der Waals surface area contributed by atoms with Crippen molar-refractivity contribution in [1.82, 2.24) is 0 Å². The van der Waals surface area contributed by atoms with Crippen LogP contribution < -0.4 is 15.2 Å². The Morgan fingerprint density at radius 1 is 1.33 bits per heavy atom. The number of esters is 1. The van der Waals surface area contributed by atoms with Gasteiger partial charge in [0, 0.05) is 18.2 Å². The van der Waals surface area contributed by atoms with Gasteiger partial charge in [0.25, 0.3) is 0 Å². The maximum atomic E-state index is 11.2. The number of carbonyl (C=O) groups excluding carboxylic acids is 1. The monoisotopic (exact) mass is 255 g/mol. The highest BCUT2D eigenvalue weighted by Gasteiger charge is 2.21. The molecule has 0 spiro atoms. The highest BCUT2D eigenvalue weighted by molar-refractivity contribution is 5.71. The van der Waals surface area contributed by atoms with E-state index in [1.807, 2.05) is 0 Å². The van der Waals surface area contributed by atoms with Crippen molar-refractivity contribution in [1.29, 1.82) is 0 Å². The van der Waals surface area contributed by atoms with E-state index >= 15 is 0 Å². The van der Waals surface area contributed by atoms with Gasteiger partial charge in [-0.3, -0.25) is 4.79 Å². The second-order valence-electron chi connectivity index (χ2n) is 3.65. The minimum atomic E-state index is -0.710. The summed E-state index contributed by atoms with van der Waals surface area (Å²) in [5, 5.41) is 9.90. The molecule has 0 radical (unpaired) electrons. The lowest BCUT2D eigenvalue weighted by Gasteiger charge is -2.17. The molecule has 0 aliphatic heterocycles. The third kappa shape index (κ3) is 3.04. The summed E-state index contributed by atoms with van der Waals surface area (Å²) in [6.07, 6.45) is -0.0489. The molecule has 0 aliphatic carbocycles. The summed E-state index contributed by atoms with van der Waals surface area (Å²) in [5.41, 5.74) is 6.21. The topological polar surface area (TPSA) is 91.0 Å². The number of rotatable bonds is 5. The number of hydrogen-bond donors (Lipinski definition) is 2. The molecular weight excluding hydrogens is 238 g/mol. The van der Waals surface area contributed by atoms with Crippen LogP contribution in [0.25, 0.3) is 0 Å². The van der Waals surface area contributed by atoms with Crippen LogP contribution >= 0.6 is 0 Å². The molecule has 0 aromatic heterocycles. The van der Waals surface area contributed by atoms with Gasteiger partial charge < -0.3 is 25.1 Å². The first-order chi connectivity index (χ1) is 8.53. The number of aromatic hydroxyl groups is 1. The molecule has 0 aliphatic rings. The second-order valence-corrected chi connectivity index (χ2v) is 3.65. The number of hydrogen-bond acceptors (Lipinski definition) is 6. The van der Waals surface area contributed by atoms with E-state index < -0.39 is 12.0 Å². The number of phenols is 1. The first kappa shape index (κ1) is 14.1. The van der Waals surface area contributed by atoms with Gasteiger partial charge in [-0.25, -0.2) is 0 Å². The van der Waals surface area contributed by atoms with Gasteiger partial charge in [0.15, 0.2) is 0 Å². The van der Waals surface area contributed by atoms with E-state index in [2.05, 4.69) is 4.74 Å². The Balaban J connectivity index is 3.10. The quantitative estimate of drug-likeness (QED) is 0.762. The molecule has 3 N–H and O–H groups in total. The van der Waals surface area contributed by atoms with Gasteiger partial charge in [-0.05, 0) is 0 Å². The van der Waals surface area contributed by atoms with Crippen molar-refractivity contribution in [2.45, 2.75) is 12.5 Å². The van der Waals surface area contributed by atoms with Crippen molar-refractivity contribution in [3.63, 3.8) is 0 Å². The van der Waals surface area contributed by atoms with Crippen molar-refractivity contribution in [2.75, 3.05) is 21.3 Å². The third-order valence-electron chi connectivity index (χ3n) is 2.53. The van der Waals surface area contributed by atoms with Crippen molar-refractivity contribution in [3.8, 4) is 17.2 Å². The maximum Gasteiger partial charge on any atom is 0.307 e. The summed E-state index contributed by atoms with van der Waals surface area (Å²) >= 11 is 0. The number of phenolic OH excluding ortho intramolecular Hbond substituents is 1. The average Bonchev–Trinajstić information content (AvgIpc) is 2.36. The molecule has 6 nitrogen and oxygen atoms in total. The van der Waals surface area contributed by atoms with Gasteiger partial charge in [0.2, 0.25) is 0 Å². The molecule has 0 fully saturated rings. The van der Waals surface area contributed by atoms with Gasteiger partial charge in [0.1, 0.15) is 17.2 Å². The summed E-state index contributed by atoms with van der Waals surface area (Å²) in [4.78, 5) is 11.2. The van der Waals surface area contributed by atoms with E-state index in [0.29, 0.717) is 17.1 Å². The Bertz CT molecular complexity index is 433. The molecule has 0 heterocycles. The van der Waals surface area contributed by atoms with E-state index in [0.717, 1.165) is 0 Å². The molecule has 100 valence electrons. The number of ether oxygens (including phenoxy) is 3. The molecule has 1 aromatic rings. The van der Waals surface area contributed by atoms with Crippen LogP contribution in [0.3, 0.4) is 0 Å². The molecule has 0 saturated heterocycles. The molecule has 0 amide bonds. The van der Waals surface area contributed by atoms with Gasteiger partial charge >= 0.3 is 5.97 Å². The molecule has 6 heteroatoms. The highest BCUT2D eigenvalue weighted by Crippen LogP contribution is 2.37. The van der Waals surface area contributed by atoms with Crippen LogP contribution in [0, 0.1) is 0 Å². The molecule has 1 aromatic carbocycles. The van der Waals surface area contributed by atoms with Crippen LogP contribution in [-0.4, -0.2) is 32.4 Å². The summed E-state index contributed by atoms with van der Waals surface area (Å²) in [5.74, 6) is 0.268. The van der Waals surface area contributed by atoms with Crippen molar-refractivity contribution >= 4 is 5.97 Å². The lowest BCUT2D eigenvalue weighted by Crippen LogP contribution is -2.17. The highest BCUT2D eigenvalue weighted by atomic mass is 16.5. The minimum Gasteiger partial charge on any atom is -0.507 e. The van der Waals surface area contributed by atoms with E-state index in [9.17, 15) is 9.90 Å². The van der Waals surface area contributed by atoms with Crippen molar-refractivity contribution in [3.05, 3.63) is 17.7 Å². The van der Waals surface area contributed by atoms with E-state index in [1.54, 1.807) is 6.07 Å². The first-order valence-electron chi connectivity index (χ1n) is 5.30. The SMILES string of the molecule is COC(=O)C[C@@H](N)c1c(O)cc(OC)cc1OC. The summed E-state index contributed by atoms with van der Waals surface area (Å²) < 4.78 is 14.7. The molecular formula is C12H17NO5. The van der Waals surface area contributed by atoms with Crippen LogP contribution in [0.2, 0.25) is 0 Å². The Morgan fingerprint density at radius 3 is 2.50 bits per heavy atom. The summed E-state index contributed by atoms with van der Waals surface area (Å²) in [6.45, 7) is 0. The fraction of sp³-hybridized carbons (Fsp3) is 0.417. The lowest BCUT2D eigenvalue weighted by atomic mass is 10.0. The minimum absolute atomic E-state index is 0.0489. The molecule has 1 rings (SSSR count). The zero-order valence-electron chi connectivity index (χ0n) is 10.6. The normalized spacial score (nSPS) is 11.8. The molecule has 1 atom stereocenters. The zero-order chi connectivity index (χ0) is 13.7. The van der Waals surface area contributed by atoms with Gasteiger partial charge in [-0.1, -0.05) is 0 Å². The Labute approximate surface area is 105 Å². The Kier molecular flexibility index (Phi) is 4.79. The fourth-order valence-corrected chi connectivity index (χ4v) is 1.61.